The molecule has 4 aromatic rings. The van der Waals surface area contributed by atoms with Crippen LogP contribution in [0.3, 0.4) is 0 Å². The number of aryl methyl sites for hydroxylation is 2. The average Bonchev–Trinajstić information content (AvgIpc) is 3.94. The van der Waals surface area contributed by atoms with Gasteiger partial charge in [-0.25, -0.2) is 14.4 Å². The molecule has 0 unspecified atom stereocenters. The number of ether oxygens (including phenoxy) is 3. The zero-order valence-corrected chi connectivity index (χ0v) is 29.4. The number of piperazine rings is 2. The van der Waals surface area contributed by atoms with Crippen molar-refractivity contribution in [1.82, 2.24) is 19.4 Å². The summed E-state index contributed by atoms with van der Waals surface area (Å²) in [5, 5.41) is 5.36. The van der Waals surface area contributed by atoms with E-state index in [1.165, 1.54) is 26.3 Å². The van der Waals surface area contributed by atoms with Gasteiger partial charge in [-0.05, 0) is 70.0 Å². The monoisotopic (exact) mass is 670 g/mol. The van der Waals surface area contributed by atoms with Gasteiger partial charge in [0, 0.05) is 92.9 Å². The molecule has 49 heavy (non-hydrogen) atoms. The number of methoxy groups -OCH3 is 2. The highest BCUT2D eigenvalue weighted by Crippen LogP contribution is 2.37. The molecule has 4 bridgehead atoms. The van der Waals surface area contributed by atoms with Crippen LogP contribution in [-0.4, -0.2) is 102 Å². The highest BCUT2D eigenvalue weighted by molar-refractivity contribution is 6.06. The number of rotatable bonds is 4. The number of nitrogens with one attached hydrogen (secondary N) is 1. The first kappa shape index (κ1) is 32.8. The second kappa shape index (κ2) is 12.3. The van der Waals surface area contributed by atoms with Crippen LogP contribution in [0.4, 0.5) is 16.2 Å². The van der Waals surface area contributed by atoms with Gasteiger partial charge in [0.05, 0.1) is 42.4 Å². The molecule has 0 aliphatic carbocycles. The number of hydrogen-bond acceptors (Lipinski definition) is 9. The zero-order chi connectivity index (χ0) is 34.8. The van der Waals surface area contributed by atoms with E-state index in [9.17, 15) is 14.4 Å². The molecular formula is C37H46N6O6. The van der Waals surface area contributed by atoms with Crippen LogP contribution >= 0.6 is 0 Å². The van der Waals surface area contributed by atoms with Crippen LogP contribution in [0.1, 0.15) is 54.3 Å². The lowest BCUT2D eigenvalue weighted by Crippen LogP contribution is -2.50. The van der Waals surface area contributed by atoms with Gasteiger partial charge in [-0.15, -0.1) is 0 Å². The van der Waals surface area contributed by atoms with Crippen molar-refractivity contribution >= 4 is 51.2 Å². The molecule has 12 nitrogen and oxygen atoms in total. The molecule has 1 N–H and O–H groups in total. The Kier molecular flexibility index (Phi) is 8.25. The first-order valence-corrected chi connectivity index (χ1v) is 17.0. The highest BCUT2D eigenvalue weighted by Gasteiger charge is 2.46. The third-order valence-corrected chi connectivity index (χ3v) is 10.3. The second-order valence-electron chi connectivity index (χ2n) is 14.7. The van der Waals surface area contributed by atoms with Crippen LogP contribution in [0.2, 0.25) is 0 Å². The van der Waals surface area contributed by atoms with Crippen molar-refractivity contribution in [3.63, 3.8) is 0 Å². The van der Waals surface area contributed by atoms with Crippen molar-refractivity contribution in [3.8, 4) is 0 Å². The fraction of sp³-hybridized carbons (Fsp3) is 0.486. The molecule has 2 aromatic heterocycles. The Bertz CT molecular complexity index is 1940. The number of likely N-dealkylation sites (tertiary alicyclic amines) is 1. The number of carbonyl (C=O) groups excluding carboxylic acids is 3. The van der Waals surface area contributed by atoms with Crippen molar-refractivity contribution in [2.75, 3.05) is 50.2 Å². The van der Waals surface area contributed by atoms with E-state index in [1.54, 1.807) is 6.20 Å². The molecule has 0 saturated carbocycles. The van der Waals surface area contributed by atoms with E-state index in [4.69, 9.17) is 14.2 Å². The number of fused-ring (bicyclic) bond motifs is 6. The third-order valence-electron chi connectivity index (χ3n) is 10.3. The Morgan fingerprint density at radius 2 is 1.29 bits per heavy atom. The molecule has 8 rings (SSSR count). The summed E-state index contributed by atoms with van der Waals surface area (Å²) in [6, 6.07) is 14.2. The van der Waals surface area contributed by atoms with Crippen molar-refractivity contribution < 1.29 is 28.6 Å². The van der Waals surface area contributed by atoms with Crippen LogP contribution < -0.4 is 15.1 Å². The predicted octanol–water partition coefficient (Wildman–Crippen LogP) is 4.68. The van der Waals surface area contributed by atoms with Crippen molar-refractivity contribution in [2.45, 2.75) is 63.4 Å². The van der Waals surface area contributed by atoms with E-state index >= 15 is 0 Å². The molecule has 4 aliphatic rings. The molecule has 4 atom stereocenters. The van der Waals surface area contributed by atoms with Gasteiger partial charge in [-0.3, -0.25) is 0 Å². The average molecular weight is 671 g/mol. The van der Waals surface area contributed by atoms with E-state index in [0.29, 0.717) is 29.8 Å². The number of anilines is 2. The Hall–Kier alpha value is -4.71. The quantitative estimate of drug-likeness (QED) is 0.245. The molecule has 4 fully saturated rings. The maximum Gasteiger partial charge on any atom is 0.410 e. The summed E-state index contributed by atoms with van der Waals surface area (Å²) in [4.78, 5) is 43.0. The summed E-state index contributed by atoms with van der Waals surface area (Å²) in [7, 11) is 6.71. The SMILES string of the molecule is COC(=O)c1cn(C)c2cc(N3C[C@H]4C[C@@H]3CN4)ccc12.COC(=O)c1cn(C)c2cc(N3C[C@H]4C[C@@H]3CN4C(=O)OC(C)(C)C)ccc12. The summed E-state index contributed by atoms with van der Waals surface area (Å²) in [5.74, 6) is -0.607. The minimum Gasteiger partial charge on any atom is -0.465 e. The summed E-state index contributed by atoms with van der Waals surface area (Å²) >= 11 is 0. The Morgan fingerprint density at radius 1 is 0.735 bits per heavy atom. The Balaban J connectivity index is 0.000000160. The van der Waals surface area contributed by atoms with Crippen LogP contribution in [0.25, 0.3) is 21.8 Å². The molecule has 1 amide bonds. The van der Waals surface area contributed by atoms with Crippen LogP contribution in [0.5, 0.6) is 0 Å². The maximum absolute atomic E-state index is 12.4. The van der Waals surface area contributed by atoms with E-state index in [2.05, 4.69) is 33.3 Å². The van der Waals surface area contributed by atoms with Gasteiger partial charge in [0.2, 0.25) is 0 Å². The second-order valence-corrected chi connectivity index (χ2v) is 14.7. The lowest BCUT2D eigenvalue weighted by Gasteiger charge is -2.36. The number of nitrogens with zero attached hydrogens (tertiary/aromatic N) is 5. The number of aromatic nitrogens is 2. The standard InChI is InChI=1S/C21H27N3O4.C16H19N3O2/c1-21(2,3)28-20(26)24-11-14-8-15(24)10-23(14)13-6-7-16-17(19(25)27-5)12-22(4)18(16)9-13;1-18-9-14(16(20)21-2)13-4-3-11(6-15(13)18)19-8-10-5-12(19)7-17-10/h6-7,9,12,14-15H,8,10-11H2,1-5H3;3-4,6,9-10,12,17H,5,7-8H2,1-2H3/t14-,15-;10-,12-/m11/s1. The molecule has 0 radical (unpaired) electrons. The minimum absolute atomic E-state index is 0.176. The number of amides is 1. The predicted molar refractivity (Wildman–Crippen MR) is 189 cm³/mol. The van der Waals surface area contributed by atoms with Gasteiger partial charge in [0.1, 0.15) is 5.60 Å². The zero-order valence-electron chi connectivity index (χ0n) is 29.4. The summed E-state index contributed by atoms with van der Waals surface area (Å²) in [5.41, 5.74) is 5.15. The van der Waals surface area contributed by atoms with Crippen LogP contribution in [0.15, 0.2) is 48.8 Å². The van der Waals surface area contributed by atoms with Crippen LogP contribution in [0, 0.1) is 0 Å². The van der Waals surface area contributed by atoms with E-state index in [1.807, 2.05) is 73.3 Å². The third kappa shape index (κ3) is 5.96. The molecule has 4 aliphatic heterocycles. The largest absolute Gasteiger partial charge is 0.465 e. The number of carbonyl (C=O) groups is 3. The van der Waals surface area contributed by atoms with E-state index in [0.717, 1.165) is 53.5 Å². The molecule has 260 valence electrons. The molecule has 0 spiro atoms. The fourth-order valence-corrected chi connectivity index (χ4v) is 8.05. The minimum atomic E-state index is -0.479. The first-order chi connectivity index (χ1) is 23.3. The van der Waals surface area contributed by atoms with Gasteiger partial charge >= 0.3 is 18.0 Å². The highest BCUT2D eigenvalue weighted by atomic mass is 16.6. The Labute approximate surface area is 286 Å². The maximum atomic E-state index is 12.4. The van der Waals surface area contributed by atoms with Crippen molar-refractivity contribution in [2.24, 2.45) is 14.1 Å². The molecule has 6 heterocycles. The summed E-state index contributed by atoms with van der Waals surface area (Å²) in [6.45, 7) is 9.30. The van der Waals surface area contributed by atoms with Crippen molar-refractivity contribution in [1.29, 1.82) is 0 Å². The topological polar surface area (TPSA) is 111 Å². The van der Waals surface area contributed by atoms with Gasteiger partial charge < -0.3 is 43.4 Å². The first-order valence-electron chi connectivity index (χ1n) is 17.0. The Morgan fingerprint density at radius 3 is 1.71 bits per heavy atom. The molecule has 4 saturated heterocycles. The molecular weight excluding hydrogens is 624 g/mol. The van der Waals surface area contributed by atoms with Crippen LogP contribution in [-0.2, 0) is 28.3 Å². The molecule has 2 aromatic carbocycles. The lowest BCUT2D eigenvalue weighted by atomic mass is 10.1. The number of esters is 2. The fourth-order valence-electron chi connectivity index (χ4n) is 8.05. The summed E-state index contributed by atoms with van der Waals surface area (Å²) in [6.07, 6.45) is 5.62. The van der Waals surface area contributed by atoms with Gasteiger partial charge in [-0.1, -0.05) is 0 Å². The van der Waals surface area contributed by atoms with E-state index in [-0.39, 0.29) is 30.1 Å². The molecule has 12 heteroatoms. The summed E-state index contributed by atoms with van der Waals surface area (Å²) < 4.78 is 19.2. The van der Waals surface area contributed by atoms with Gasteiger partial charge in [0.25, 0.3) is 0 Å². The van der Waals surface area contributed by atoms with Gasteiger partial charge in [0.15, 0.2) is 0 Å². The lowest BCUT2D eigenvalue weighted by molar-refractivity contribution is 0.0214. The smallest absolute Gasteiger partial charge is 0.410 e. The number of hydrogen-bond donors (Lipinski definition) is 1. The number of benzene rings is 2. The normalized spacial score (nSPS) is 22.6. The van der Waals surface area contributed by atoms with Crippen molar-refractivity contribution in [3.05, 3.63) is 59.9 Å². The van der Waals surface area contributed by atoms with E-state index < -0.39 is 5.60 Å². The van der Waals surface area contributed by atoms with Gasteiger partial charge in [-0.2, -0.15) is 0 Å².